The van der Waals surface area contributed by atoms with Crippen molar-refractivity contribution in [2.75, 3.05) is 26.2 Å². The van der Waals surface area contributed by atoms with Gasteiger partial charge in [0, 0.05) is 25.2 Å². The molecule has 1 aromatic rings. The summed E-state index contributed by atoms with van der Waals surface area (Å²) in [5, 5.41) is 2.84. The SMILES string of the molecule is C.[C-]#[N+]c1ccc(C(=O)N2CCC3(CC2)CNC(=O)CO3)cc1. The van der Waals surface area contributed by atoms with Crippen molar-refractivity contribution in [2.24, 2.45) is 0 Å². The molecule has 0 aromatic heterocycles. The lowest BCUT2D eigenvalue weighted by Gasteiger charge is -2.43. The second kappa shape index (κ2) is 6.80. The maximum atomic E-state index is 12.5. The highest BCUT2D eigenvalue weighted by Crippen LogP contribution is 2.28. The van der Waals surface area contributed by atoms with Gasteiger partial charge in [-0.2, -0.15) is 0 Å². The fourth-order valence-electron chi connectivity index (χ4n) is 2.88. The molecule has 3 rings (SSSR count). The summed E-state index contributed by atoms with van der Waals surface area (Å²) in [6.45, 7) is 8.77. The molecule has 2 saturated heterocycles. The summed E-state index contributed by atoms with van der Waals surface area (Å²) in [5.41, 5.74) is 0.806. The van der Waals surface area contributed by atoms with Gasteiger partial charge in [-0.15, -0.1) is 0 Å². The summed E-state index contributed by atoms with van der Waals surface area (Å²) < 4.78 is 5.70. The Morgan fingerprint density at radius 2 is 1.91 bits per heavy atom. The van der Waals surface area contributed by atoms with Gasteiger partial charge in [-0.05, 0) is 12.8 Å². The fourth-order valence-corrected chi connectivity index (χ4v) is 2.88. The van der Waals surface area contributed by atoms with Crippen LogP contribution in [0, 0.1) is 6.57 Å². The molecule has 1 spiro atoms. The number of hydrogen-bond donors (Lipinski definition) is 1. The number of benzene rings is 1. The number of rotatable bonds is 1. The van der Waals surface area contributed by atoms with E-state index >= 15 is 0 Å². The molecular formula is C17H21N3O3. The molecule has 23 heavy (non-hydrogen) atoms. The van der Waals surface area contributed by atoms with E-state index in [2.05, 4.69) is 10.2 Å². The minimum atomic E-state index is -0.321. The largest absolute Gasteiger partial charge is 0.363 e. The number of amides is 2. The van der Waals surface area contributed by atoms with Crippen molar-refractivity contribution >= 4 is 17.5 Å². The van der Waals surface area contributed by atoms with E-state index in [1.165, 1.54) is 0 Å². The first-order valence-electron chi connectivity index (χ1n) is 7.29. The Kier molecular flexibility index (Phi) is 5.02. The second-order valence-electron chi connectivity index (χ2n) is 5.70. The number of likely N-dealkylation sites (tertiary alicyclic amines) is 1. The number of morpholine rings is 1. The number of carbonyl (C=O) groups excluding carboxylic acids is 2. The van der Waals surface area contributed by atoms with E-state index in [4.69, 9.17) is 11.3 Å². The fraction of sp³-hybridized carbons (Fsp3) is 0.471. The third-order valence-electron chi connectivity index (χ3n) is 4.32. The van der Waals surface area contributed by atoms with Gasteiger partial charge in [0.2, 0.25) is 5.91 Å². The molecule has 1 N–H and O–H groups in total. The predicted molar refractivity (Wildman–Crippen MR) is 86.3 cm³/mol. The van der Waals surface area contributed by atoms with Gasteiger partial charge in [-0.1, -0.05) is 31.7 Å². The van der Waals surface area contributed by atoms with Gasteiger partial charge in [0.1, 0.15) is 6.61 Å². The average molecular weight is 315 g/mol. The highest BCUT2D eigenvalue weighted by atomic mass is 16.5. The van der Waals surface area contributed by atoms with Crippen LogP contribution < -0.4 is 5.32 Å². The lowest BCUT2D eigenvalue weighted by molar-refractivity contribution is -0.149. The van der Waals surface area contributed by atoms with Gasteiger partial charge >= 0.3 is 0 Å². The summed E-state index contributed by atoms with van der Waals surface area (Å²) in [4.78, 5) is 28.8. The Balaban J connectivity index is 0.00000192. The van der Waals surface area contributed by atoms with Crippen molar-refractivity contribution in [3.63, 3.8) is 0 Å². The van der Waals surface area contributed by atoms with E-state index in [0.29, 0.717) is 30.9 Å². The van der Waals surface area contributed by atoms with E-state index in [1.807, 2.05) is 0 Å². The Labute approximate surface area is 136 Å². The van der Waals surface area contributed by atoms with Crippen molar-refractivity contribution in [3.8, 4) is 0 Å². The predicted octanol–water partition coefficient (Wildman–Crippen LogP) is 1.99. The summed E-state index contributed by atoms with van der Waals surface area (Å²) in [5.74, 6) is -0.102. The molecule has 6 nitrogen and oxygen atoms in total. The molecule has 6 heteroatoms. The second-order valence-corrected chi connectivity index (χ2v) is 5.70. The monoisotopic (exact) mass is 315 g/mol. The van der Waals surface area contributed by atoms with Crippen LogP contribution in [0.1, 0.15) is 30.6 Å². The van der Waals surface area contributed by atoms with Crippen LogP contribution in [-0.4, -0.2) is 48.6 Å². The van der Waals surface area contributed by atoms with Crippen molar-refractivity contribution in [1.29, 1.82) is 0 Å². The van der Waals surface area contributed by atoms with Crippen molar-refractivity contribution in [2.45, 2.75) is 25.9 Å². The number of nitrogens with one attached hydrogen (secondary N) is 1. The zero-order chi connectivity index (χ0) is 15.6. The Morgan fingerprint density at radius 1 is 1.26 bits per heavy atom. The molecule has 2 fully saturated rings. The number of hydrogen-bond acceptors (Lipinski definition) is 3. The first kappa shape index (κ1) is 17.0. The zero-order valence-electron chi connectivity index (χ0n) is 12.2. The third-order valence-corrected chi connectivity index (χ3v) is 4.32. The van der Waals surface area contributed by atoms with Crippen LogP contribution in [0.3, 0.4) is 0 Å². The van der Waals surface area contributed by atoms with E-state index in [1.54, 1.807) is 29.2 Å². The van der Waals surface area contributed by atoms with Gasteiger partial charge in [0.05, 0.1) is 12.2 Å². The van der Waals surface area contributed by atoms with Crippen LogP contribution >= 0.6 is 0 Å². The average Bonchev–Trinajstić information content (AvgIpc) is 2.58. The van der Waals surface area contributed by atoms with Crippen LogP contribution in [0.15, 0.2) is 24.3 Å². The van der Waals surface area contributed by atoms with Crippen LogP contribution in [0.25, 0.3) is 4.85 Å². The van der Waals surface area contributed by atoms with Crippen LogP contribution in [0.5, 0.6) is 0 Å². The van der Waals surface area contributed by atoms with E-state index in [9.17, 15) is 9.59 Å². The summed E-state index contributed by atoms with van der Waals surface area (Å²) in [6, 6.07) is 6.70. The summed E-state index contributed by atoms with van der Waals surface area (Å²) in [7, 11) is 0. The maximum absolute atomic E-state index is 12.5. The lowest BCUT2D eigenvalue weighted by Crippen LogP contribution is -2.58. The van der Waals surface area contributed by atoms with Gasteiger partial charge in [0.25, 0.3) is 5.91 Å². The topological polar surface area (TPSA) is 63.0 Å². The molecule has 2 aliphatic rings. The normalized spacial score (nSPS) is 19.4. The summed E-state index contributed by atoms with van der Waals surface area (Å²) in [6.07, 6.45) is 1.44. The molecule has 0 unspecified atom stereocenters. The molecule has 0 bridgehead atoms. The molecule has 2 amide bonds. The molecule has 2 heterocycles. The van der Waals surface area contributed by atoms with Crippen LogP contribution in [0.2, 0.25) is 0 Å². The van der Waals surface area contributed by atoms with Crippen molar-refractivity contribution in [3.05, 3.63) is 41.2 Å². The quantitative estimate of drug-likeness (QED) is 0.806. The van der Waals surface area contributed by atoms with Gasteiger partial charge in [0.15, 0.2) is 5.69 Å². The molecule has 2 aliphatic heterocycles. The summed E-state index contributed by atoms with van der Waals surface area (Å²) >= 11 is 0. The molecule has 122 valence electrons. The molecule has 0 atom stereocenters. The zero-order valence-corrected chi connectivity index (χ0v) is 12.2. The first-order chi connectivity index (χ1) is 10.6. The Hall–Kier alpha value is -2.39. The smallest absolute Gasteiger partial charge is 0.253 e. The lowest BCUT2D eigenvalue weighted by atomic mass is 9.89. The van der Waals surface area contributed by atoms with Crippen molar-refractivity contribution in [1.82, 2.24) is 10.2 Å². The van der Waals surface area contributed by atoms with Gasteiger partial charge in [-0.25, -0.2) is 4.85 Å². The third kappa shape index (κ3) is 3.51. The Bertz CT molecular complexity index is 613. The minimum absolute atomic E-state index is 0. The van der Waals surface area contributed by atoms with Gasteiger partial charge < -0.3 is 15.0 Å². The molecular weight excluding hydrogens is 294 g/mol. The molecule has 1 aromatic carbocycles. The van der Waals surface area contributed by atoms with Crippen LogP contribution in [-0.2, 0) is 9.53 Å². The van der Waals surface area contributed by atoms with E-state index in [-0.39, 0.29) is 31.4 Å². The van der Waals surface area contributed by atoms with Crippen molar-refractivity contribution < 1.29 is 14.3 Å². The molecule has 0 saturated carbocycles. The molecule has 0 radical (unpaired) electrons. The highest BCUT2D eigenvalue weighted by Gasteiger charge is 2.39. The van der Waals surface area contributed by atoms with Gasteiger partial charge in [-0.3, -0.25) is 9.59 Å². The number of nitrogens with zero attached hydrogens (tertiary/aromatic N) is 2. The van der Waals surface area contributed by atoms with Crippen LogP contribution in [0.4, 0.5) is 5.69 Å². The minimum Gasteiger partial charge on any atom is -0.363 e. The number of carbonyl (C=O) groups is 2. The standard InChI is InChI=1S/C16H17N3O3.CH4/c1-17-13-4-2-12(3-5-13)15(21)19-8-6-16(7-9-19)11-18-14(20)10-22-16;/h2-5H,6-11H2,(H,18,20);1H4. The number of piperidine rings is 1. The van der Waals surface area contributed by atoms with E-state index < -0.39 is 0 Å². The Morgan fingerprint density at radius 3 is 2.43 bits per heavy atom. The number of ether oxygens (including phenoxy) is 1. The molecule has 0 aliphatic carbocycles. The van der Waals surface area contributed by atoms with E-state index in [0.717, 1.165) is 12.8 Å². The first-order valence-corrected chi connectivity index (χ1v) is 7.29. The highest BCUT2D eigenvalue weighted by molar-refractivity contribution is 5.94. The maximum Gasteiger partial charge on any atom is 0.253 e.